The minimum Gasteiger partial charge on any atom is -0.875 e. The number of carbonyl (C=O) groups is 1. The molecule has 0 amide bonds. The molecule has 0 fully saturated rings. The molecule has 59 heavy (non-hydrogen) atoms. The molecule has 0 spiro atoms. The molecule has 8 nitrogen and oxygen atoms in total. The summed E-state index contributed by atoms with van der Waals surface area (Å²) in [4.78, 5) is 17.1. The van der Waals surface area contributed by atoms with Crippen molar-refractivity contribution in [3.8, 4) is 29.1 Å². The topological polar surface area (TPSA) is 140 Å². The fraction of sp³-hybridized carbons (Fsp3) is 0.294. The van der Waals surface area contributed by atoms with E-state index in [0.29, 0.717) is 54.2 Å². The van der Waals surface area contributed by atoms with Gasteiger partial charge in [0.2, 0.25) is 0 Å². The van der Waals surface area contributed by atoms with Crippen molar-refractivity contribution >= 4 is 17.6 Å². The van der Waals surface area contributed by atoms with Crippen LogP contribution in [0, 0.1) is 17.8 Å². The predicted octanol–water partition coefficient (Wildman–Crippen LogP) is 8.61. The maximum absolute atomic E-state index is 13.9. The van der Waals surface area contributed by atoms with Gasteiger partial charge in [0.25, 0.3) is 0 Å². The number of phenolic OH excluding ortho intramolecular Hbond substituents is 2. The number of rotatable bonds is 16. The maximum atomic E-state index is 13.9. The van der Waals surface area contributed by atoms with Gasteiger partial charge in [-0.3, -0.25) is 9.79 Å². The average Bonchev–Trinajstić information content (AvgIpc) is 3.72. The van der Waals surface area contributed by atoms with Crippen LogP contribution in [0.25, 0.3) is 6.08 Å². The van der Waals surface area contributed by atoms with Crippen LogP contribution in [0.3, 0.4) is 0 Å². The third-order valence-corrected chi connectivity index (χ3v) is 11.4. The monoisotopic (exact) mass is 786 g/mol. The standard InChI is InChI=1S/C51H53N3O5/c1-34(15-16-35-10-5-3-6-11-35)9-4-2-7-13-40(55)20-17-36-19-22-48(57)50(30-36)59-28-25-37-18-21-47(56)45(29-37)44-33-49(58)41-24-27-53-46(41)14-8-12-38-32-43-39(31-42(38)44)23-26-54-51(43)52/h3,5-7,10-11,13,18-19,21-24,26-27,29-32,34,44,51,54,56-58H,2,4,9,14-17,20,25,28,33,52H2,1H3/p-1/b13-7+,49-41?/t34-,44-,51-/m1/s1. The Kier molecular flexibility index (Phi) is 13.5. The summed E-state index contributed by atoms with van der Waals surface area (Å²) in [6.07, 6.45) is 17.7. The Hall–Kier alpha value is -6.30. The molecule has 2 heterocycles. The summed E-state index contributed by atoms with van der Waals surface area (Å²) >= 11 is 0. The number of nitrogens with one attached hydrogen (secondary N) is 1. The zero-order chi connectivity index (χ0) is 41.1. The maximum Gasteiger partial charge on any atom is 0.161 e. The molecule has 2 aliphatic heterocycles. The zero-order valence-electron chi connectivity index (χ0n) is 33.6. The van der Waals surface area contributed by atoms with Crippen molar-refractivity contribution in [3.63, 3.8) is 0 Å². The van der Waals surface area contributed by atoms with Gasteiger partial charge in [0, 0.05) is 36.1 Å². The summed E-state index contributed by atoms with van der Waals surface area (Å²) in [5, 5.41) is 38.9. The fourth-order valence-corrected chi connectivity index (χ4v) is 7.96. The molecule has 0 saturated heterocycles. The number of unbranched alkanes of at least 4 members (excludes halogenated alkanes) is 1. The van der Waals surface area contributed by atoms with Crippen LogP contribution in [0.15, 0.2) is 126 Å². The number of hydrogen-bond donors (Lipinski definition) is 4. The van der Waals surface area contributed by atoms with Crippen molar-refractivity contribution in [2.75, 3.05) is 6.61 Å². The molecule has 4 aromatic carbocycles. The molecule has 3 atom stereocenters. The number of nitrogens with zero attached hydrogens (tertiary/aromatic N) is 1. The molecular formula is C51H52N3O5-. The van der Waals surface area contributed by atoms with Crippen LogP contribution < -0.4 is 20.9 Å². The number of hydrogen-bond acceptors (Lipinski definition) is 8. The van der Waals surface area contributed by atoms with Crippen molar-refractivity contribution in [1.82, 2.24) is 5.32 Å². The molecule has 0 saturated carbocycles. The summed E-state index contributed by atoms with van der Waals surface area (Å²) in [7, 11) is 0. The SMILES string of the molecule is C[C@H](CCC/C=C/C(=O)CCc1ccc(O)c(OCCc2ccc(O)c([C@@H]3CC([O-])=C4C=CN=C4CC#Cc4cc5c(cc43)C=CN[C@H]5N)c2)c1)CCc1ccccc1. The lowest BCUT2D eigenvalue weighted by Gasteiger charge is -2.29. The van der Waals surface area contributed by atoms with Gasteiger partial charge in [-0.05, 0) is 138 Å². The Morgan fingerprint density at radius 2 is 1.76 bits per heavy atom. The summed E-state index contributed by atoms with van der Waals surface area (Å²) in [5.74, 6) is 7.15. The normalized spacial score (nSPS) is 17.3. The molecule has 0 aromatic heterocycles. The molecule has 0 unspecified atom stereocenters. The largest absolute Gasteiger partial charge is 0.875 e. The van der Waals surface area contributed by atoms with Gasteiger partial charge in [-0.2, -0.15) is 0 Å². The second kappa shape index (κ2) is 19.4. The zero-order valence-corrected chi connectivity index (χ0v) is 33.6. The number of carbonyl (C=O) groups excluding carboxylic acids is 1. The molecule has 3 aliphatic rings. The number of aryl methyl sites for hydroxylation is 2. The van der Waals surface area contributed by atoms with Gasteiger partial charge in [-0.1, -0.05) is 79.8 Å². The van der Waals surface area contributed by atoms with Gasteiger partial charge in [-0.25, -0.2) is 0 Å². The number of fused-ring (bicyclic) bond motifs is 3. The first kappa shape index (κ1) is 40.9. The number of allylic oxidation sites excluding steroid dienone is 5. The second-order valence-electron chi connectivity index (χ2n) is 15.7. The quantitative estimate of drug-likeness (QED) is 0.0507. The van der Waals surface area contributed by atoms with Crippen LogP contribution in [0.5, 0.6) is 17.2 Å². The molecule has 1 aliphatic carbocycles. The van der Waals surface area contributed by atoms with Gasteiger partial charge in [0.1, 0.15) is 11.9 Å². The smallest absolute Gasteiger partial charge is 0.161 e. The average molecular weight is 787 g/mol. The predicted molar refractivity (Wildman–Crippen MR) is 233 cm³/mol. The first-order valence-corrected chi connectivity index (χ1v) is 20.7. The van der Waals surface area contributed by atoms with Gasteiger partial charge in [-0.15, -0.1) is 5.76 Å². The van der Waals surface area contributed by atoms with Gasteiger partial charge in [0.05, 0.1) is 18.7 Å². The van der Waals surface area contributed by atoms with E-state index in [0.717, 1.165) is 59.1 Å². The van der Waals surface area contributed by atoms with Crippen molar-refractivity contribution in [2.45, 2.75) is 83.2 Å². The third kappa shape index (κ3) is 10.6. The summed E-state index contributed by atoms with van der Waals surface area (Å²) in [6.45, 7) is 2.56. The lowest BCUT2D eigenvalue weighted by Crippen LogP contribution is -2.27. The number of aliphatic imine (C=N–C) groups is 1. The molecule has 8 heteroatoms. The van der Waals surface area contributed by atoms with Crippen molar-refractivity contribution in [3.05, 3.63) is 165 Å². The van der Waals surface area contributed by atoms with E-state index >= 15 is 0 Å². The molecule has 0 radical (unpaired) electrons. The second-order valence-corrected chi connectivity index (χ2v) is 15.7. The number of nitrogens with two attached hydrogens (primary N) is 1. The lowest BCUT2D eigenvalue weighted by atomic mass is 9.80. The van der Waals surface area contributed by atoms with E-state index in [9.17, 15) is 20.1 Å². The molecule has 4 aromatic rings. The number of phenols is 2. The number of ketones is 1. The van der Waals surface area contributed by atoms with Crippen LogP contribution in [0.2, 0.25) is 0 Å². The van der Waals surface area contributed by atoms with E-state index in [1.165, 1.54) is 12.0 Å². The van der Waals surface area contributed by atoms with Crippen LogP contribution >= 0.6 is 0 Å². The Labute approximate surface area is 347 Å². The lowest BCUT2D eigenvalue weighted by molar-refractivity contribution is -0.307. The van der Waals surface area contributed by atoms with Crippen LogP contribution in [-0.4, -0.2) is 28.3 Å². The Balaban J connectivity index is 0.969. The van der Waals surface area contributed by atoms with Crippen molar-refractivity contribution in [2.24, 2.45) is 16.6 Å². The number of benzene rings is 4. The highest BCUT2D eigenvalue weighted by Gasteiger charge is 2.26. The fourth-order valence-electron chi connectivity index (χ4n) is 7.96. The summed E-state index contributed by atoms with van der Waals surface area (Å²) in [6, 6.07) is 25.2. The minimum absolute atomic E-state index is 0.0239. The summed E-state index contributed by atoms with van der Waals surface area (Å²) < 4.78 is 6.08. The Bertz CT molecular complexity index is 2380. The first-order valence-electron chi connectivity index (χ1n) is 20.7. The van der Waals surface area contributed by atoms with E-state index < -0.39 is 12.1 Å². The van der Waals surface area contributed by atoms with E-state index in [-0.39, 0.29) is 36.1 Å². The van der Waals surface area contributed by atoms with E-state index in [4.69, 9.17) is 10.5 Å². The number of aromatic hydroxyl groups is 2. The van der Waals surface area contributed by atoms with Gasteiger partial charge < -0.3 is 31.1 Å². The van der Waals surface area contributed by atoms with Crippen LogP contribution in [0.4, 0.5) is 0 Å². The molecule has 5 N–H and O–H groups in total. The van der Waals surface area contributed by atoms with Crippen molar-refractivity contribution in [1.29, 1.82) is 0 Å². The van der Waals surface area contributed by atoms with Crippen LogP contribution in [0.1, 0.15) is 108 Å². The van der Waals surface area contributed by atoms with E-state index in [2.05, 4.69) is 59.4 Å². The first-order chi connectivity index (χ1) is 28.7. The highest BCUT2D eigenvalue weighted by molar-refractivity contribution is 6.06. The van der Waals surface area contributed by atoms with E-state index in [1.54, 1.807) is 36.6 Å². The summed E-state index contributed by atoms with van der Waals surface area (Å²) in [5.41, 5.74) is 14.8. The van der Waals surface area contributed by atoms with E-state index in [1.807, 2.05) is 48.7 Å². The van der Waals surface area contributed by atoms with Gasteiger partial charge in [0.15, 0.2) is 17.3 Å². The molecule has 7 rings (SSSR count). The molecule has 0 bridgehead atoms. The molecule has 302 valence electrons. The van der Waals surface area contributed by atoms with Crippen LogP contribution in [-0.2, 0) is 24.1 Å². The highest BCUT2D eigenvalue weighted by atomic mass is 16.5. The third-order valence-electron chi connectivity index (χ3n) is 11.4. The Morgan fingerprint density at radius 3 is 2.61 bits per heavy atom. The van der Waals surface area contributed by atoms with Gasteiger partial charge >= 0.3 is 0 Å². The highest BCUT2D eigenvalue weighted by Crippen LogP contribution is 2.41. The minimum atomic E-state index is -0.504. The number of ether oxygens (including phenoxy) is 1. The molecular weight excluding hydrogens is 735 g/mol. The van der Waals surface area contributed by atoms with Crippen molar-refractivity contribution < 1.29 is 24.9 Å². The Morgan fingerprint density at radius 1 is 0.949 bits per heavy atom.